The molecule has 3 nitrogen and oxygen atoms in total. The summed E-state index contributed by atoms with van der Waals surface area (Å²) >= 11 is 12.0. The van der Waals surface area contributed by atoms with Gasteiger partial charge in [0.15, 0.2) is 0 Å². The third-order valence-electron chi connectivity index (χ3n) is 3.01. The zero-order chi connectivity index (χ0) is 14.7. The average molecular weight is 312 g/mol. The van der Waals surface area contributed by atoms with E-state index in [1.54, 1.807) is 31.5 Å². The minimum Gasteiger partial charge on any atom is -0.496 e. The van der Waals surface area contributed by atoms with E-state index in [1.807, 2.05) is 13.8 Å². The van der Waals surface area contributed by atoms with Crippen molar-refractivity contribution in [2.45, 2.75) is 20.5 Å². The number of pyridine rings is 1. The van der Waals surface area contributed by atoms with Gasteiger partial charge in [-0.2, -0.15) is 0 Å². The van der Waals surface area contributed by atoms with Gasteiger partial charge in [-0.15, -0.1) is 0 Å². The second-order valence-corrected chi connectivity index (χ2v) is 5.25. The summed E-state index contributed by atoms with van der Waals surface area (Å²) in [6, 6.07) is 5.11. The summed E-state index contributed by atoms with van der Waals surface area (Å²) < 4.78 is 11.1. The van der Waals surface area contributed by atoms with Gasteiger partial charge in [-0.25, -0.2) is 0 Å². The summed E-state index contributed by atoms with van der Waals surface area (Å²) in [4.78, 5) is 4.37. The van der Waals surface area contributed by atoms with E-state index >= 15 is 0 Å². The highest BCUT2D eigenvalue weighted by Gasteiger charge is 2.11. The number of hydrogen-bond acceptors (Lipinski definition) is 3. The number of ether oxygens (including phenoxy) is 2. The molecule has 20 heavy (non-hydrogen) atoms. The van der Waals surface area contributed by atoms with Crippen LogP contribution < -0.4 is 9.47 Å². The predicted octanol–water partition coefficient (Wildman–Crippen LogP) is 4.59. The van der Waals surface area contributed by atoms with Crippen LogP contribution in [-0.4, -0.2) is 12.1 Å². The van der Waals surface area contributed by atoms with Crippen LogP contribution in [0.25, 0.3) is 0 Å². The zero-order valence-corrected chi connectivity index (χ0v) is 13.0. The number of nitrogens with zero attached hydrogens (tertiary/aromatic N) is 1. The summed E-state index contributed by atoms with van der Waals surface area (Å²) in [6.07, 6.45) is 1.77. The van der Waals surface area contributed by atoms with E-state index in [9.17, 15) is 0 Å². The first-order chi connectivity index (χ1) is 9.52. The largest absolute Gasteiger partial charge is 0.496 e. The highest BCUT2D eigenvalue weighted by Crippen LogP contribution is 2.29. The summed E-state index contributed by atoms with van der Waals surface area (Å²) in [7, 11) is 1.65. The molecule has 2 rings (SSSR count). The summed E-state index contributed by atoms with van der Waals surface area (Å²) in [5.41, 5.74) is 2.77. The molecule has 0 bridgehead atoms. The summed E-state index contributed by atoms with van der Waals surface area (Å²) in [5.74, 6) is 1.37. The van der Waals surface area contributed by atoms with Crippen LogP contribution in [0.3, 0.4) is 0 Å². The van der Waals surface area contributed by atoms with E-state index < -0.39 is 0 Å². The van der Waals surface area contributed by atoms with Gasteiger partial charge in [0, 0.05) is 28.4 Å². The van der Waals surface area contributed by atoms with Gasteiger partial charge in [-0.05, 0) is 26.0 Å². The first kappa shape index (κ1) is 14.9. The summed E-state index contributed by atoms with van der Waals surface area (Å²) in [5, 5.41) is 1.10. The number of methoxy groups -OCH3 is 1. The number of rotatable bonds is 4. The Balaban J connectivity index is 2.21. The van der Waals surface area contributed by atoms with E-state index in [-0.39, 0.29) is 0 Å². The smallest absolute Gasteiger partial charge is 0.139 e. The first-order valence-electron chi connectivity index (χ1n) is 6.10. The molecule has 0 N–H and O–H groups in total. The Bertz CT molecular complexity index is 630. The molecular formula is C15H15Cl2NO2. The normalized spacial score (nSPS) is 10.4. The van der Waals surface area contributed by atoms with Gasteiger partial charge >= 0.3 is 0 Å². The predicted molar refractivity (Wildman–Crippen MR) is 81.1 cm³/mol. The number of hydrogen-bond donors (Lipinski definition) is 0. The molecule has 0 saturated carbocycles. The fourth-order valence-corrected chi connectivity index (χ4v) is 2.28. The van der Waals surface area contributed by atoms with Gasteiger partial charge < -0.3 is 9.47 Å². The maximum absolute atomic E-state index is 6.06. The molecule has 2 aromatic rings. The van der Waals surface area contributed by atoms with Gasteiger partial charge in [-0.3, -0.25) is 4.98 Å². The minimum atomic E-state index is 0.308. The molecule has 0 radical (unpaired) electrons. The molecule has 1 aromatic heterocycles. The number of aryl methyl sites for hydroxylation is 1. The molecule has 1 aromatic carbocycles. The highest BCUT2D eigenvalue weighted by atomic mass is 35.5. The number of benzene rings is 1. The minimum absolute atomic E-state index is 0.308. The molecular weight excluding hydrogens is 297 g/mol. The van der Waals surface area contributed by atoms with E-state index in [4.69, 9.17) is 32.7 Å². The zero-order valence-electron chi connectivity index (χ0n) is 11.5. The summed E-state index contributed by atoms with van der Waals surface area (Å²) in [6.45, 7) is 4.22. The third-order valence-corrected chi connectivity index (χ3v) is 3.55. The van der Waals surface area contributed by atoms with Gasteiger partial charge in [0.25, 0.3) is 0 Å². The molecule has 0 unspecified atom stereocenters. The van der Waals surface area contributed by atoms with Crippen molar-refractivity contribution in [1.82, 2.24) is 4.98 Å². The quantitative estimate of drug-likeness (QED) is 0.827. The van der Waals surface area contributed by atoms with Crippen LogP contribution in [-0.2, 0) is 6.61 Å². The highest BCUT2D eigenvalue weighted by molar-refractivity contribution is 6.34. The molecule has 0 spiro atoms. The van der Waals surface area contributed by atoms with Crippen molar-refractivity contribution in [2.75, 3.05) is 7.11 Å². The van der Waals surface area contributed by atoms with Crippen molar-refractivity contribution in [3.8, 4) is 11.5 Å². The van der Waals surface area contributed by atoms with Crippen LogP contribution in [0.15, 0.2) is 24.4 Å². The van der Waals surface area contributed by atoms with Crippen molar-refractivity contribution in [1.29, 1.82) is 0 Å². The fourth-order valence-electron chi connectivity index (χ4n) is 1.95. The second kappa shape index (κ2) is 6.33. The molecule has 0 fully saturated rings. The maximum Gasteiger partial charge on any atom is 0.139 e. The Labute approximate surface area is 128 Å². The van der Waals surface area contributed by atoms with Crippen LogP contribution in [0, 0.1) is 13.8 Å². The molecule has 106 valence electrons. The molecule has 5 heteroatoms. The van der Waals surface area contributed by atoms with Gasteiger partial charge in [0.2, 0.25) is 0 Å². The van der Waals surface area contributed by atoms with Crippen LogP contribution in [0.2, 0.25) is 10.0 Å². The molecule has 0 aliphatic rings. The molecule has 0 atom stereocenters. The molecule has 0 saturated heterocycles. The molecule has 0 aliphatic carbocycles. The Hall–Kier alpha value is -1.45. The van der Waals surface area contributed by atoms with Crippen LogP contribution in [0.1, 0.15) is 16.8 Å². The Morgan fingerprint density at radius 2 is 1.95 bits per heavy atom. The number of aromatic nitrogens is 1. The van der Waals surface area contributed by atoms with E-state index in [2.05, 4.69) is 4.98 Å². The Kier molecular flexibility index (Phi) is 4.73. The topological polar surface area (TPSA) is 31.4 Å². The Morgan fingerprint density at radius 3 is 2.65 bits per heavy atom. The fraction of sp³-hybridized carbons (Fsp3) is 0.267. The lowest BCUT2D eigenvalue weighted by atomic mass is 10.1. The lowest BCUT2D eigenvalue weighted by Crippen LogP contribution is -2.04. The van der Waals surface area contributed by atoms with Crippen LogP contribution >= 0.6 is 23.2 Å². The van der Waals surface area contributed by atoms with Gasteiger partial charge in [0.1, 0.15) is 18.1 Å². The molecule has 0 aliphatic heterocycles. The van der Waals surface area contributed by atoms with E-state index in [1.165, 1.54) is 0 Å². The molecule has 0 amide bonds. The standard InChI is InChI=1S/C15H15Cl2NO2/c1-9-7-18-13(10(2)15(9)19-3)8-20-14-6-11(16)4-5-12(14)17/h4-7H,8H2,1-3H3. The van der Waals surface area contributed by atoms with Gasteiger partial charge in [0.05, 0.1) is 17.8 Å². The van der Waals surface area contributed by atoms with Crippen molar-refractivity contribution in [2.24, 2.45) is 0 Å². The molecule has 1 heterocycles. The number of halogens is 2. The van der Waals surface area contributed by atoms with Crippen molar-refractivity contribution < 1.29 is 9.47 Å². The van der Waals surface area contributed by atoms with E-state index in [0.717, 1.165) is 22.6 Å². The van der Waals surface area contributed by atoms with Gasteiger partial charge in [-0.1, -0.05) is 23.2 Å². The van der Waals surface area contributed by atoms with Crippen LogP contribution in [0.4, 0.5) is 0 Å². The SMILES string of the molecule is COc1c(C)cnc(COc2cc(Cl)ccc2Cl)c1C. The third kappa shape index (κ3) is 3.17. The van der Waals surface area contributed by atoms with E-state index in [0.29, 0.717) is 22.4 Å². The monoisotopic (exact) mass is 311 g/mol. The van der Waals surface area contributed by atoms with Crippen molar-refractivity contribution in [3.05, 3.63) is 51.3 Å². The average Bonchev–Trinajstić information content (AvgIpc) is 2.42. The Morgan fingerprint density at radius 1 is 1.20 bits per heavy atom. The lowest BCUT2D eigenvalue weighted by Gasteiger charge is -2.13. The maximum atomic E-state index is 6.06. The first-order valence-corrected chi connectivity index (χ1v) is 6.85. The van der Waals surface area contributed by atoms with Crippen molar-refractivity contribution >= 4 is 23.2 Å². The lowest BCUT2D eigenvalue weighted by molar-refractivity contribution is 0.299. The van der Waals surface area contributed by atoms with Crippen LogP contribution in [0.5, 0.6) is 11.5 Å². The van der Waals surface area contributed by atoms with Crippen molar-refractivity contribution in [3.63, 3.8) is 0 Å². The second-order valence-electron chi connectivity index (χ2n) is 4.41.